The molecule has 186 valence electrons. The van der Waals surface area contributed by atoms with Gasteiger partial charge in [-0.3, -0.25) is 4.79 Å². The summed E-state index contributed by atoms with van der Waals surface area (Å²) in [7, 11) is -3.92. The van der Waals surface area contributed by atoms with E-state index < -0.39 is 33.8 Å². The fourth-order valence-corrected chi connectivity index (χ4v) is 4.46. The van der Waals surface area contributed by atoms with Crippen molar-refractivity contribution in [2.45, 2.75) is 50.5 Å². The van der Waals surface area contributed by atoms with Crippen LogP contribution in [0.15, 0.2) is 29.2 Å². The van der Waals surface area contributed by atoms with Gasteiger partial charge in [0.25, 0.3) is 0 Å². The number of carbonyl (C=O) groups excluding carboxylic acids is 2. The van der Waals surface area contributed by atoms with Crippen molar-refractivity contribution in [1.29, 1.82) is 0 Å². The van der Waals surface area contributed by atoms with Gasteiger partial charge < -0.3 is 19.7 Å². The van der Waals surface area contributed by atoms with Crippen LogP contribution in [0.25, 0.3) is 0 Å². The summed E-state index contributed by atoms with van der Waals surface area (Å²) in [6, 6.07) is 3.97. The van der Waals surface area contributed by atoms with Crippen LogP contribution in [0, 0.1) is 0 Å². The average Bonchev–Trinajstić information content (AvgIpc) is 2.69. The lowest BCUT2D eigenvalue weighted by molar-refractivity contribution is -0.274. The molecule has 1 aromatic carbocycles. The smallest absolute Gasteiger partial charge is 0.444 e. The van der Waals surface area contributed by atoms with Crippen molar-refractivity contribution in [1.82, 2.24) is 14.5 Å². The molecule has 0 unspecified atom stereocenters. The number of alkyl halides is 3. The Balaban J connectivity index is 1.80. The lowest BCUT2D eigenvalue weighted by Crippen LogP contribution is -2.50. The molecule has 0 atom stereocenters. The molecule has 9 nitrogen and oxygen atoms in total. The Kier molecular flexibility index (Phi) is 8.57. The Morgan fingerprint density at radius 3 is 2.12 bits per heavy atom. The Hall–Kier alpha value is -2.54. The number of nitrogens with one attached hydrogen (secondary N) is 1. The standard InChI is InChI=1S/C20H28F3N3O6S/c1-19(2,3)32-18(28)24-10-4-5-17(27)25-11-13-26(14-12-25)33(29,30)16-8-6-15(7-9-16)31-20(21,22)23/h6-9H,4-5,10-14H2,1-3H3,(H,24,28). The molecule has 0 aliphatic carbocycles. The van der Waals surface area contributed by atoms with Gasteiger partial charge in [-0.25, -0.2) is 13.2 Å². The van der Waals surface area contributed by atoms with Crippen molar-refractivity contribution in [3.05, 3.63) is 24.3 Å². The second-order valence-corrected chi connectivity index (χ2v) is 10.3. The minimum absolute atomic E-state index is 0.0606. The first-order chi connectivity index (χ1) is 15.2. The summed E-state index contributed by atoms with van der Waals surface area (Å²) in [6.07, 6.45) is -4.84. The highest BCUT2D eigenvalue weighted by Crippen LogP contribution is 2.25. The molecule has 2 rings (SSSR count). The maximum Gasteiger partial charge on any atom is 0.573 e. The molecule has 0 saturated carbocycles. The zero-order valence-electron chi connectivity index (χ0n) is 18.6. The second kappa shape index (κ2) is 10.6. The highest BCUT2D eigenvalue weighted by molar-refractivity contribution is 7.89. The molecule has 1 fully saturated rings. The second-order valence-electron chi connectivity index (χ2n) is 8.34. The number of alkyl carbamates (subject to hydrolysis) is 1. The highest BCUT2D eigenvalue weighted by Gasteiger charge is 2.32. The van der Waals surface area contributed by atoms with Gasteiger partial charge in [-0.1, -0.05) is 0 Å². The summed E-state index contributed by atoms with van der Waals surface area (Å²) in [6.45, 7) is 5.99. The zero-order valence-corrected chi connectivity index (χ0v) is 19.5. The number of benzene rings is 1. The van der Waals surface area contributed by atoms with Gasteiger partial charge in [0.2, 0.25) is 15.9 Å². The first-order valence-electron chi connectivity index (χ1n) is 10.3. The van der Waals surface area contributed by atoms with E-state index in [1.54, 1.807) is 25.7 Å². The minimum atomic E-state index is -4.87. The molecular formula is C20H28F3N3O6S. The largest absolute Gasteiger partial charge is 0.573 e. The van der Waals surface area contributed by atoms with Gasteiger partial charge in [-0.05, 0) is 51.5 Å². The van der Waals surface area contributed by atoms with Crippen LogP contribution in [-0.4, -0.2) is 74.3 Å². The third kappa shape index (κ3) is 8.72. The SMILES string of the molecule is CC(C)(C)OC(=O)NCCCC(=O)N1CCN(S(=O)(=O)c2ccc(OC(F)(F)F)cc2)CC1. The van der Waals surface area contributed by atoms with E-state index in [1.165, 1.54) is 4.31 Å². The van der Waals surface area contributed by atoms with E-state index in [2.05, 4.69) is 10.1 Å². The first kappa shape index (κ1) is 26.7. The number of hydrogen-bond acceptors (Lipinski definition) is 6. The molecule has 0 radical (unpaired) electrons. The van der Waals surface area contributed by atoms with Gasteiger partial charge in [0.1, 0.15) is 11.4 Å². The Bertz CT molecular complexity index is 922. The molecule has 1 aliphatic heterocycles. The molecule has 13 heteroatoms. The van der Waals surface area contributed by atoms with Gasteiger partial charge in [0.05, 0.1) is 4.90 Å². The van der Waals surface area contributed by atoms with Crippen LogP contribution in [0.4, 0.5) is 18.0 Å². The first-order valence-corrected chi connectivity index (χ1v) is 11.7. The Morgan fingerprint density at radius 1 is 1.03 bits per heavy atom. The van der Waals surface area contributed by atoms with Crippen molar-refractivity contribution in [3.8, 4) is 5.75 Å². The van der Waals surface area contributed by atoms with E-state index >= 15 is 0 Å². The average molecular weight is 496 g/mol. The number of piperazine rings is 1. The van der Waals surface area contributed by atoms with Gasteiger partial charge >= 0.3 is 12.5 Å². The number of rotatable bonds is 7. The predicted octanol–water partition coefficient (Wildman–Crippen LogP) is 2.72. The minimum Gasteiger partial charge on any atom is -0.444 e. The fourth-order valence-electron chi connectivity index (χ4n) is 3.04. The predicted molar refractivity (Wildman–Crippen MR) is 112 cm³/mol. The van der Waals surface area contributed by atoms with Gasteiger partial charge in [0, 0.05) is 39.1 Å². The molecule has 1 aromatic rings. The summed E-state index contributed by atoms with van der Waals surface area (Å²) in [5.74, 6) is -0.676. The van der Waals surface area contributed by atoms with E-state index in [-0.39, 0.29) is 49.9 Å². The number of carbonyl (C=O) groups is 2. The lowest BCUT2D eigenvalue weighted by Gasteiger charge is -2.34. The van der Waals surface area contributed by atoms with Crippen LogP contribution in [-0.2, 0) is 19.6 Å². The third-order valence-electron chi connectivity index (χ3n) is 4.52. The molecule has 0 bridgehead atoms. The fraction of sp³-hybridized carbons (Fsp3) is 0.600. The van der Waals surface area contributed by atoms with Crippen LogP contribution in [0.5, 0.6) is 5.75 Å². The maximum atomic E-state index is 12.7. The van der Waals surface area contributed by atoms with E-state index in [9.17, 15) is 31.2 Å². The molecule has 1 saturated heterocycles. The summed E-state index contributed by atoms with van der Waals surface area (Å²) in [4.78, 5) is 25.3. The number of nitrogens with zero attached hydrogens (tertiary/aromatic N) is 2. The van der Waals surface area contributed by atoms with Gasteiger partial charge in [-0.15, -0.1) is 13.2 Å². The molecule has 0 spiro atoms. The number of halogens is 3. The van der Waals surface area contributed by atoms with Gasteiger partial charge in [0.15, 0.2) is 0 Å². The van der Waals surface area contributed by atoms with E-state index in [0.717, 1.165) is 24.3 Å². The quantitative estimate of drug-likeness (QED) is 0.584. The number of sulfonamides is 1. The summed E-state index contributed by atoms with van der Waals surface area (Å²) in [5.41, 5.74) is -0.612. The van der Waals surface area contributed by atoms with E-state index in [0.29, 0.717) is 6.42 Å². The van der Waals surface area contributed by atoms with Gasteiger partial charge in [-0.2, -0.15) is 4.31 Å². The maximum absolute atomic E-state index is 12.7. The molecule has 1 heterocycles. The molecule has 1 N–H and O–H groups in total. The molecule has 1 aliphatic rings. The van der Waals surface area contributed by atoms with Crippen molar-refractivity contribution in [2.24, 2.45) is 0 Å². The molecular weight excluding hydrogens is 467 g/mol. The van der Waals surface area contributed by atoms with Crippen LogP contribution < -0.4 is 10.1 Å². The topological polar surface area (TPSA) is 105 Å². The highest BCUT2D eigenvalue weighted by atomic mass is 32.2. The third-order valence-corrected chi connectivity index (χ3v) is 6.43. The van der Waals surface area contributed by atoms with Crippen molar-refractivity contribution < 1.29 is 40.7 Å². The monoisotopic (exact) mass is 495 g/mol. The van der Waals surface area contributed by atoms with Crippen molar-refractivity contribution in [3.63, 3.8) is 0 Å². The van der Waals surface area contributed by atoms with E-state index in [4.69, 9.17) is 4.74 Å². The lowest BCUT2D eigenvalue weighted by atomic mass is 10.2. The number of hydrogen-bond donors (Lipinski definition) is 1. The Morgan fingerprint density at radius 2 is 1.61 bits per heavy atom. The Labute approximate surface area is 190 Å². The number of ether oxygens (including phenoxy) is 2. The summed E-state index contributed by atoms with van der Waals surface area (Å²) >= 11 is 0. The van der Waals surface area contributed by atoms with Crippen LogP contribution in [0.1, 0.15) is 33.6 Å². The van der Waals surface area contributed by atoms with Crippen molar-refractivity contribution >= 4 is 22.0 Å². The number of amides is 2. The molecule has 2 amide bonds. The molecule has 33 heavy (non-hydrogen) atoms. The van der Waals surface area contributed by atoms with Crippen LogP contribution in [0.3, 0.4) is 0 Å². The van der Waals surface area contributed by atoms with Crippen molar-refractivity contribution in [2.75, 3.05) is 32.7 Å². The summed E-state index contributed by atoms with van der Waals surface area (Å²) < 4.78 is 72.3. The molecule has 0 aromatic heterocycles. The normalized spacial score (nSPS) is 15.8. The van der Waals surface area contributed by atoms with Crippen LogP contribution in [0.2, 0.25) is 0 Å². The van der Waals surface area contributed by atoms with Crippen LogP contribution >= 0.6 is 0 Å². The van der Waals surface area contributed by atoms with E-state index in [1.807, 2.05) is 0 Å². The summed E-state index contributed by atoms with van der Waals surface area (Å²) in [5, 5.41) is 2.57. The zero-order chi connectivity index (χ0) is 24.9.